The third-order valence-electron chi connectivity index (χ3n) is 6.23. The third-order valence-corrected chi connectivity index (χ3v) is 6.23. The standard InChI is InChI=1S/C21H29NO2/c1-23-17-10-8-16(9-11-17)20-18-6-2-3-7-19(18)21(20)22-13-15-5-4-12-24-14-15/h5,8-11,18-22H,2-4,6-7,12-14H2,1H3/t18-,19+,20-,21-/m0/s1. The fourth-order valence-corrected chi connectivity index (χ4v) is 5.01. The summed E-state index contributed by atoms with van der Waals surface area (Å²) in [5, 5.41) is 3.89. The number of hydrogen-bond acceptors (Lipinski definition) is 3. The van der Waals surface area contributed by atoms with Gasteiger partial charge < -0.3 is 14.8 Å². The van der Waals surface area contributed by atoms with E-state index in [2.05, 4.69) is 35.7 Å². The van der Waals surface area contributed by atoms with E-state index < -0.39 is 0 Å². The Hall–Kier alpha value is -1.32. The molecule has 3 aliphatic rings. The predicted molar refractivity (Wildman–Crippen MR) is 96.5 cm³/mol. The van der Waals surface area contributed by atoms with Gasteiger partial charge in [-0.3, -0.25) is 0 Å². The number of nitrogens with one attached hydrogen (secondary N) is 1. The lowest BCUT2D eigenvalue weighted by molar-refractivity contribution is 0.0271. The minimum absolute atomic E-state index is 0.617. The SMILES string of the molecule is COc1ccc([C@H]2[C@H]3CCCC[C@H]3[C@@H]2NCC2=CCCOC2)cc1. The Morgan fingerprint density at radius 2 is 1.92 bits per heavy atom. The Labute approximate surface area is 145 Å². The lowest BCUT2D eigenvalue weighted by Crippen LogP contribution is -2.58. The van der Waals surface area contributed by atoms with E-state index in [1.165, 1.54) is 36.8 Å². The molecule has 0 spiro atoms. The summed E-state index contributed by atoms with van der Waals surface area (Å²) in [5.41, 5.74) is 2.90. The van der Waals surface area contributed by atoms with Crippen molar-refractivity contribution in [2.75, 3.05) is 26.9 Å². The van der Waals surface area contributed by atoms with Crippen molar-refractivity contribution in [2.24, 2.45) is 11.8 Å². The molecule has 130 valence electrons. The van der Waals surface area contributed by atoms with Crippen LogP contribution in [0.5, 0.6) is 5.75 Å². The van der Waals surface area contributed by atoms with Gasteiger partial charge in [-0.1, -0.05) is 31.1 Å². The molecule has 0 unspecified atom stereocenters. The molecular formula is C21H29NO2. The van der Waals surface area contributed by atoms with Crippen molar-refractivity contribution >= 4 is 0 Å². The van der Waals surface area contributed by atoms with Crippen LogP contribution < -0.4 is 10.1 Å². The van der Waals surface area contributed by atoms with Gasteiger partial charge in [0.25, 0.3) is 0 Å². The molecule has 3 heteroatoms. The van der Waals surface area contributed by atoms with Gasteiger partial charge in [0, 0.05) is 18.5 Å². The van der Waals surface area contributed by atoms with Gasteiger partial charge in [-0.25, -0.2) is 0 Å². The van der Waals surface area contributed by atoms with E-state index in [9.17, 15) is 0 Å². The average Bonchev–Trinajstić information content (AvgIpc) is 2.64. The molecule has 2 saturated carbocycles. The van der Waals surface area contributed by atoms with Crippen molar-refractivity contribution in [3.05, 3.63) is 41.5 Å². The van der Waals surface area contributed by atoms with E-state index in [1.807, 2.05) is 0 Å². The summed E-state index contributed by atoms with van der Waals surface area (Å²) < 4.78 is 10.9. The first-order chi connectivity index (χ1) is 11.9. The number of benzene rings is 1. The van der Waals surface area contributed by atoms with Crippen molar-refractivity contribution in [1.82, 2.24) is 5.32 Å². The zero-order valence-electron chi connectivity index (χ0n) is 14.7. The van der Waals surface area contributed by atoms with Gasteiger partial charge in [-0.15, -0.1) is 0 Å². The van der Waals surface area contributed by atoms with Crippen molar-refractivity contribution in [3.8, 4) is 5.75 Å². The van der Waals surface area contributed by atoms with Crippen molar-refractivity contribution in [1.29, 1.82) is 0 Å². The normalized spacial score (nSPS) is 32.5. The fraction of sp³-hybridized carbons (Fsp3) is 0.619. The molecule has 4 rings (SSSR count). The molecule has 0 amide bonds. The van der Waals surface area contributed by atoms with Crippen LogP contribution in [0.4, 0.5) is 0 Å². The second-order valence-corrected chi connectivity index (χ2v) is 7.52. The molecule has 3 nitrogen and oxygen atoms in total. The van der Waals surface area contributed by atoms with E-state index in [0.29, 0.717) is 12.0 Å². The molecule has 1 aliphatic heterocycles. The maximum absolute atomic E-state index is 5.59. The zero-order valence-corrected chi connectivity index (χ0v) is 14.7. The van der Waals surface area contributed by atoms with Crippen LogP contribution in [-0.2, 0) is 4.74 Å². The molecule has 0 bridgehead atoms. The molecule has 24 heavy (non-hydrogen) atoms. The molecular weight excluding hydrogens is 298 g/mol. The highest BCUT2D eigenvalue weighted by atomic mass is 16.5. The van der Waals surface area contributed by atoms with E-state index in [4.69, 9.17) is 9.47 Å². The molecule has 2 fully saturated rings. The Morgan fingerprint density at radius 3 is 2.62 bits per heavy atom. The third kappa shape index (κ3) is 3.12. The number of rotatable bonds is 5. The minimum atomic E-state index is 0.617. The summed E-state index contributed by atoms with van der Waals surface area (Å²) in [6, 6.07) is 9.38. The van der Waals surface area contributed by atoms with Crippen LogP contribution in [-0.4, -0.2) is 32.9 Å². The Bertz CT molecular complexity index is 580. The van der Waals surface area contributed by atoms with Gasteiger partial charge in [0.05, 0.1) is 20.3 Å². The first-order valence-electron chi connectivity index (χ1n) is 9.50. The van der Waals surface area contributed by atoms with Gasteiger partial charge in [0.15, 0.2) is 0 Å². The van der Waals surface area contributed by atoms with Gasteiger partial charge in [-0.05, 0) is 54.4 Å². The highest BCUT2D eigenvalue weighted by Crippen LogP contribution is 2.54. The number of ether oxygens (including phenoxy) is 2. The minimum Gasteiger partial charge on any atom is -0.497 e. The van der Waals surface area contributed by atoms with Crippen LogP contribution >= 0.6 is 0 Å². The van der Waals surface area contributed by atoms with Crippen LogP contribution in [0.1, 0.15) is 43.6 Å². The van der Waals surface area contributed by atoms with E-state index in [-0.39, 0.29) is 0 Å². The van der Waals surface area contributed by atoms with Crippen LogP contribution in [0.2, 0.25) is 0 Å². The Kier molecular flexibility index (Phi) is 4.91. The quantitative estimate of drug-likeness (QED) is 0.832. The molecule has 1 aromatic rings. The summed E-state index contributed by atoms with van der Waals surface area (Å²) in [4.78, 5) is 0. The fourth-order valence-electron chi connectivity index (χ4n) is 5.01. The number of hydrogen-bond donors (Lipinski definition) is 1. The largest absolute Gasteiger partial charge is 0.497 e. The Balaban J connectivity index is 1.47. The molecule has 1 heterocycles. The van der Waals surface area contributed by atoms with E-state index >= 15 is 0 Å². The van der Waals surface area contributed by atoms with Gasteiger partial charge >= 0.3 is 0 Å². The van der Waals surface area contributed by atoms with Crippen molar-refractivity contribution in [2.45, 2.75) is 44.1 Å². The second-order valence-electron chi connectivity index (χ2n) is 7.52. The van der Waals surface area contributed by atoms with Crippen LogP contribution in [0, 0.1) is 11.8 Å². The number of methoxy groups -OCH3 is 1. The maximum Gasteiger partial charge on any atom is 0.118 e. The van der Waals surface area contributed by atoms with Gasteiger partial charge in [0.1, 0.15) is 5.75 Å². The summed E-state index contributed by atoms with van der Waals surface area (Å²) in [6.07, 6.45) is 9.02. The smallest absolute Gasteiger partial charge is 0.118 e. The van der Waals surface area contributed by atoms with Crippen LogP contribution in [0.15, 0.2) is 35.9 Å². The summed E-state index contributed by atoms with van der Waals surface area (Å²) >= 11 is 0. The van der Waals surface area contributed by atoms with Crippen LogP contribution in [0.3, 0.4) is 0 Å². The van der Waals surface area contributed by atoms with Gasteiger partial charge in [-0.2, -0.15) is 0 Å². The second kappa shape index (κ2) is 7.28. The Morgan fingerprint density at radius 1 is 1.12 bits per heavy atom. The molecule has 4 atom stereocenters. The molecule has 1 N–H and O–H groups in total. The zero-order chi connectivity index (χ0) is 16.4. The highest BCUT2D eigenvalue weighted by Gasteiger charge is 2.50. The average molecular weight is 327 g/mol. The molecule has 0 aromatic heterocycles. The van der Waals surface area contributed by atoms with E-state index in [1.54, 1.807) is 7.11 Å². The molecule has 1 aromatic carbocycles. The first-order valence-corrected chi connectivity index (χ1v) is 9.50. The number of fused-ring (bicyclic) bond motifs is 1. The maximum atomic E-state index is 5.59. The summed E-state index contributed by atoms with van der Waals surface area (Å²) in [6.45, 7) is 2.67. The first kappa shape index (κ1) is 16.2. The van der Waals surface area contributed by atoms with Crippen molar-refractivity contribution in [3.63, 3.8) is 0 Å². The predicted octanol–water partition coefficient (Wildman–Crippen LogP) is 3.90. The van der Waals surface area contributed by atoms with Gasteiger partial charge in [0.2, 0.25) is 0 Å². The van der Waals surface area contributed by atoms with Crippen LogP contribution in [0.25, 0.3) is 0 Å². The highest BCUT2D eigenvalue weighted by molar-refractivity contribution is 5.33. The van der Waals surface area contributed by atoms with Crippen molar-refractivity contribution < 1.29 is 9.47 Å². The van der Waals surface area contributed by atoms with E-state index in [0.717, 1.165) is 43.8 Å². The summed E-state index contributed by atoms with van der Waals surface area (Å²) in [7, 11) is 1.74. The monoisotopic (exact) mass is 327 g/mol. The molecule has 0 radical (unpaired) electrons. The molecule has 2 aliphatic carbocycles. The summed E-state index contributed by atoms with van der Waals surface area (Å²) in [5.74, 6) is 3.33. The lowest BCUT2D eigenvalue weighted by Gasteiger charge is -2.55. The molecule has 0 saturated heterocycles. The lowest BCUT2D eigenvalue weighted by atomic mass is 9.53. The topological polar surface area (TPSA) is 30.5 Å².